The van der Waals surface area contributed by atoms with Crippen molar-refractivity contribution >= 4 is 18.5 Å². The summed E-state index contributed by atoms with van der Waals surface area (Å²) in [6, 6.07) is 0.434. The predicted molar refractivity (Wildman–Crippen MR) is 58.0 cm³/mol. The zero-order chi connectivity index (χ0) is 9.68. The molecule has 0 radical (unpaired) electrons. The molecule has 3 heteroatoms. The van der Waals surface area contributed by atoms with Crippen LogP contribution in [0.15, 0.2) is 0 Å². The highest BCUT2D eigenvalue weighted by molar-refractivity contribution is 7.80. The first-order valence-corrected chi connectivity index (χ1v) is 5.76. The summed E-state index contributed by atoms with van der Waals surface area (Å²) in [5.74, 6) is 1.65. The molecule has 0 aromatic carbocycles. The van der Waals surface area contributed by atoms with Gasteiger partial charge in [-0.1, -0.05) is 6.92 Å². The van der Waals surface area contributed by atoms with Crippen LogP contribution < -0.4 is 5.32 Å². The van der Waals surface area contributed by atoms with E-state index in [4.69, 9.17) is 0 Å². The Morgan fingerprint density at radius 3 is 2.54 bits per heavy atom. The Bertz CT molecular complexity index is 164. The van der Waals surface area contributed by atoms with Crippen molar-refractivity contribution < 1.29 is 4.79 Å². The molecule has 0 aromatic rings. The maximum absolute atomic E-state index is 11.2. The fourth-order valence-corrected chi connectivity index (χ4v) is 2.01. The third-order valence-corrected chi connectivity index (χ3v) is 2.94. The maximum atomic E-state index is 11.2. The highest BCUT2D eigenvalue weighted by Crippen LogP contribution is 2.23. The van der Waals surface area contributed by atoms with Gasteiger partial charge in [0.05, 0.1) is 0 Å². The van der Waals surface area contributed by atoms with E-state index < -0.39 is 0 Å². The van der Waals surface area contributed by atoms with Crippen molar-refractivity contribution in [1.82, 2.24) is 5.32 Å². The van der Waals surface area contributed by atoms with Gasteiger partial charge >= 0.3 is 0 Å². The molecule has 13 heavy (non-hydrogen) atoms. The van der Waals surface area contributed by atoms with Crippen LogP contribution >= 0.6 is 12.6 Å². The minimum atomic E-state index is 0.162. The molecule has 1 aliphatic carbocycles. The Balaban J connectivity index is 2.18. The number of thiol groups is 1. The number of nitrogens with one attached hydrogen (secondary N) is 1. The number of amides is 1. The van der Waals surface area contributed by atoms with Crippen LogP contribution in [0.4, 0.5) is 0 Å². The third kappa shape index (κ3) is 4.03. The lowest BCUT2D eigenvalue weighted by atomic mass is 9.87. The SMILES string of the molecule is CC1CCC(NC(=O)CCS)CC1. The van der Waals surface area contributed by atoms with E-state index in [-0.39, 0.29) is 5.91 Å². The fourth-order valence-electron chi connectivity index (χ4n) is 1.81. The summed E-state index contributed by atoms with van der Waals surface area (Å²) in [6.45, 7) is 2.28. The first-order valence-electron chi connectivity index (χ1n) is 5.12. The third-order valence-electron chi connectivity index (χ3n) is 2.72. The number of carbonyl (C=O) groups excluding carboxylic acids is 1. The monoisotopic (exact) mass is 201 g/mol. The normalized spacial score (nSPS) is 28.5. The van der Waals surface area contributed by atoms with Crippen LogP contribution in [0.2, 0.25) is 0 Å². The summed E-state index contributed by atoms with van der Waals surface area (Å²) in [5, 5.41) is 3.05. The molecular weight excluding hydrogens is 182 g/mol. The molecule has 2 nitrogen and oxygen atoms in total. The molecule has 0 aromatic heterocycles. The van der Waals surface area contributed by atoms with Crippen LogP contribution in [0, 0.1) is 5.92 Å². The van der Waals surface area contributed by atoms with Crippen LogP contribution in [0.5, 0.6) is 0 Å². The first kappa shape index (κ1) is 10.9. The van der Waals surface area contributed by atoms with E-state index in [0.29, 0.717) is 18.2 Å². The standard InChI is InChI=1S/C10H19NOS/c1-8-2-4-9(5-3-8)11-10(12)6-7-13/h8-9,13H,2-7H2,1H3,(H,11,12). The van der Waals surface area contributed by atoms with E-state index in [0.717, 1.165) is 18.8 Å². The molecule has 0 heterocycles. The molecule has 1 N–H and O–H groups in total. The van der Waals surface area contributed by atoms with E-state index in [9.17, 15) is 4.79 Å². The second-order valence-electron chi connectivity index (χ2n) is 4.00. The molecule has 0 unspecified atom stereocenters. The van der Waals surface area contributed by atoms with Crippen molar-refractivity contribution in [3.05, 3.63) is 0 Å². The molecule has 1 rings (SSSR count). The second-order valence-corrected chi connectivity index (χ2v) is 4.45. The van der Waals surface area contributed by atoms with Gasteiger partial charge < -0.3 is 5.32 Å². The largest absolute Gasteiger partial charge is 0.353 e. The van der Waals surface area contributed by atoms with Crippen molar-refractivity contribution in [3.8, 4) is 0 Å². The van der Waals surface area contributed by atoms with Gasteiger partial charge in [-0.15, -0.1) is 0 Å². The lowest BCUT2D eigenvalue weighted by Gasteiger charge is -2.26. The van der Waals surface area contributed by atoms with Crippen LogP contribution in [-0.2, 0) is 4.79 Å². The van der Waals surface area contributed by atoms with Gasteiger partial charge in [-0.25, -0.2) is 0 Å². The summed E-state index contributed by atoms with van der Waals surface area (Å²) in [6.07, 6.45) is 5.37. The zero-order valence-electron chi connectivity index (χ0n) is 8.25. The van der Waals surface area contributed by atoms with Crippen LogP contribution in [0.1, 0.15) is 39.0 Å². The molecule has 76 valence electrons. The van der Waals surface area contributed by atoms with E-state index in [1.54, 1.807) is 0 Å². The van der Waals surface area contributed by atoms with Gasteiger partial charge in [0, 0.05) is 12.5 Å². The zero-order valence-corrected chi connectivity index (χ0v) is 9.15. The van der Waals surface area contributed by atoms with E-state index in [1.165, 1.54) is 12.8 Å². The van der Waals surface area contributed by atoms with Gasteiger partial charge in [0.25, 0.3) is 0 Å². The molecule has 1 saturated carbocycles. The predicted octanol–water partition coefficient (Wildman–Crippen LogP) is 2.00. The van der Waals surface area contributed by atoms with Gasteiger partial charge in [-0.05, 0) is 37.4 Å². The topological polar surface area (TPSA) is 29.1 Å². The minimum absolute atomic E-state index is 0.162. The number of rotatable bonds is 3. The van der Waals surface area contributed by atoms with E-state index in [1.807, 2.05) is 0 Å². The van der Waals surface area contributed by atoms with Crippen LogP contribution in [0.3, 0.4) is 0 Å². The molecule has 1 aliphatic rings. The van der Waals surface area contributed by atoms with Crippen molar-refractivity contribution in [3.63, 3.8) is 0 Å². The average molecular weight is 201 g/mol. The average Bonchev–Trinajstić information content (AvgIpc) is 2.09. The van der Waals surface area contributed by atoms with Crippen molar-refractivity contribution in [1.29, 1.82) is 0 Å². The summed E-state index contributed by atoms with van der Waals surface area (Å²) >= 11 is 4.03. The summed E-state index contributed by atoms with van der Waals surface area (Å²) in [4.78, 5) is 11.2. The summed E-state index contributed by atoms with van der Waals surface area (Å²) < 4.78 is 0. The smallest absolute Gasteiger partial charge is 0.221 e. The lowest BCUT2D eigenvalue weighted by molar-refractivity contribution is -0.121. The van der Waals surface area contributed by atoms with Gasteiger partial charge in [0.2, 0.25) is 5.91 Å². The minimum Gasteiger partial charge on any atom is -0.353 e. The number of carbonyl (C=O) groups is 1. The molecule has 0 atom stereocenters. The number of hydrogen-bond acceptors (Lipinski definition) is 2. The Morgan fingerprint density at radius 1 is 1.38 bits per heavy atom. The van der Waals surface area contributed by atoms with Gasteiger partial charge in [-0.3, -0.25) is 4.79 Å². The molecule has 0 aliphatic heterocycles. The van der Waals surface area contributed by atoms with E-state index >= 15 is 0 Å². The Hall–Kier alpha value is -0.180. The quantitative estimate of drug-likeness (QED) is 0.672. The van der Waals surface area contributed by atoms with Crippen LogP contribution in [0.25, 0.3) is 0 Å². The second kappa shape index (κ2) is 5.53. The van der Waals surface area contributed by atoms with Crippen molar-refractivity contribution in [2.75, 3.05) is 5.75 Å². The highest BCUT2D eigenvalue weighted by atomic mass is 32.1. The Labute approximate surface area is 85.9 Å². The number of hydrogen-bond donors (Lipinski definition) is 2. The molecule has 1 fully saturated rings. The summed E-state index contributed by atoms with van der Waals surface area (Å²) in [7, 11) is 0. The van der Waals surface area contributed by atoms with Crippen molar-refractivity contribution in [2.45, 2.75) is 45.1 Å². The lowest BCUT2D eigenvalue weighted by Crippen LogP contribution is -2.37. The van der Waals surface area contributed by atoms with Gasteiger partial charge in [0.15, 0.2) is 0 Å². The molecule has 1 amide bonds. The van der Waals surface area contributed by atoms with Crippen LogP contribution in [-0.4, -0.2) is 17.7 Å². The van der Waals surface area contributed by atoms with Crippen molar-refractivity contribution in [2.24, 2.45) is 5.92 Å². The fraction of sp³-hybridized carbons (Fsp3) is 0.900. The summed E-state index contributed by atoms with van der Waals surface area (Å²) in [5.41, 5.74) is 0. The molecule has 0 spiro atoms. The molecular formula is C10H19NOS. The maximum Gasteiger partial charge on any atom is 0.221 e. The Kier molecular flexibility index (Phi) is 4.64. The molecule has 0 saturated heterocycles. The van der Waals surface area contributed by atoms with E-state index in [2.05, 4.69) is 24.9 Å². The first-order chi connectivity index (χ1) is 6.22. The molecule has 0 bridgehead atoms. The van der Waals surface area contributed by atoms with Gasteiger partial charge in [-0.2, -0.15) is 12.6 Å². The Morgan fingerprint density at radius 2 is 2.00 bits per heavy atom. The highest BCUT2D eigenvalue weighted by Gasteiger charge is 2.18. The van der Waals surface area contributed by atoms with Gasteiger partial charge in [0.1, 0.15) is 0 Å².